The molecule has 1 N–H and O–H groups in total. The van der Waals surface area contributed by atoms with Gasteiger partial charge in [-0.1, -0.05) is 0 Å². The van der Waals surface area contributed by atoms with E-state index >= 15 is 0 Å². The smallest absolute Gasteiger partial charge is 0.251 e. The van der Waals surface area contributed by atoms with Gasteiger partial charge in [0.1, 0.15) is 0 Å². The Hall–Kier alpha value is -0.220. The lowest BCUT2D eigenvalue weighted by molar-refractivity contribution is 0.0801. The number of hydrogen-bond acceptors (Lipinski definition) is 2. The van der Waals surface area contributed by atoms with E-state index in [0.717, 1.165) is 32.4 Å². The quantitative estimate of drug-likeness (QED) is 0.729. The standard InChI is InChI=1S/C10H18F2N2/c11-10(12)7-14(9-3-4-9)6-8-2-1-5-13-8/h8-10,13H,1-7H2. The van der Waals surface area contributed by atoms with E-state index in [1.807, 2.05) is 4.90 Å². The summed E-state index contributed by atoms with van der Waals surface area (Å²) in [5.41, 5.74) is 0. The fraction of sp³-hybridized carbons (Fsp3) is 1.00. The third-order valence-electron chi connectivity index (χ3n) is 3.05. The Morgan fingerprint density at radius 3 is 2.57 bits per heavy atom. The van der Waals surface area contributed by atoms with Crippen LogP contribution in [0.5, 0.6) is 0 Å². The van der Waals surface area contributed by atoms with Crippen molar-refractivity contribution in [3.8, 4) is 0 Å². The van der Waals surface area contributed by atoms with Crippen LogP contribution in [0.3, 0.4) is 0 Å². The van der Waals surface area contributed by atoms with E-state index in [2.05, 4.69) is 5.32 Å². The molecule has 2 rings (SSSR count). The van der Waals surface area contributed by atoms with E-state index in [-0.39, 0.29) is 6.54 Å². The molecular weight excluding hydrogens is 186 g/mol. The highest BCUT2D eigenvalue weighted by Gasteiger charge is 2.32. The van der Waals surface area contributed by atoms with E-state index in [0.29, 0.717) is 12.1 Å². The third-order valence-corrected chi connectivity index (χ3v) is 3.05. The van der Waals surface area contributed by atoms with Crippen molar-refractivity contribution in [3.05, 3.63) is 0 Å². The molecule has 1 atom stereocenters. The lowest BCUT2D eigenvalue weighted by atomic mass is 10.2. The first-order valence-corrected chi connectivity index (χ1v) is 5.51. The molecule has 1 saturated heterocycles. The molecule has 0 aromatic heterocycles. The molecule has 1 aliphatic carbocycles. The topological polar surface area (TPSA) is 15.3 Å². The summed E-state index contributed by atoms with van der Waals surface area (Å²) in [6, 6.07) is 0.903. The van der Waals surface area contributed by atoms with E-state index in [1.54, 1.807) is 0 Å². The van der Waals surface area contributed by atoms with Crippen molar-refractivity contribution in [1.82, 2.24) is 10.2 Å². The van der Waals surface area contributed by atoms with Gasteiger partial charge in [0.25, 0.3) is 6.43 Å². The minimum atomic E-state index is -2.18. The van der Waals surface area contributed by atoms with Crippen LogP contribution in [0.2, 0.25) is 0 Å². The highest BCUT2D eigenvalue weighted by molar-refractivity contribution is 4.88. The minimum Gasteiger partial charge on any atom is -0.313 e. The van der Waals surface area contributed by atoms with E-state index < -0.39 is 6.43 Å². The van der Waals surface area contributed by atoms with Crippen molar-refractivity contribution >= 4 is 0 Å². The van der Waals surface area contributed by atoms with Crippen LogP contribution in [0, 0.1) is 0 Å². The fourth-order valence-electron chi connectivity index (χ4n) is 2.19. The van der Waals surface area contributed by atoms with Crippen LogP contribution in [0.4, 0.5) is 8.78 Å². The lowest BCUT2D eigenvalue weighted by Crippen LogP contribution is -2.41. The SMILES string of the molecule is FC(F)CN(CC1CCCN1)C1CC1. The number of rotatable bonds is 5. The molecule has 1 saturated carbocycles. The Bertz CT molecular complexity index is 177. The molecule has 0 radical (unpaired) electrons. The third kappa shape index (κ3) is 2.89. The summed E-state index contributed by atoms with van der Waals surface area (Å²) >= 11 is 0. The van der Waals surface area contributed by atoms with Crippen molar-refractivity contribution in [2.24, 2.45) is 0 Å². The minimum absolute atomic E-state index is 0.0388. The molecule has 0 amide bonds. The van der Waals surface area contributed by atoms with Crippen LogP contribution in [0.25, 0.3) is 0 Å². The summed E-state index contributed by atoms with van der Waals surface area (Å²) in [7, 11) is 0. The zero-order valence-electron chi connectivity index (χ0n) is 8.38. The zero-order chi connectivity index (χ0) is 9.97. The molecule has 1 aliphatic heterocycles. The second-order valence-electron chi connectivity index (χ2n) is 4.37. The molecular formula is C10H18F2N2. The van der Waals surface area contributed by atoms with Crippen molar-refractivity contribution in [2.75, 3.05) is 19.6 Å². The Morgan fingerprint density at radius 1 is 1.29 bits per heavy atom. The van der Waals surface area contributed by atoms with Gasteiger partial charge in [0.05, 0.1) is 6.54 Å². The number of halogens is 2. The molecule has 0 aromatic rings. The summed E-state index contributed by atoms with van der Waals surface area (Å²) in [5, 5.41) is 3.36. The van der Waals surface area contributed by atoms with Gasteiger partial charge in [0, 0.05) is 18.6 Å². The van der Waals surface area contributed by atoms with Crippen molar-refractivity contribution in [2.45, 2.75) is 44.2 Å². The largest absolute Gasteiger partial charge is 0.313 e. The monoisotopic (exact) mass is 204 g/mol. The normalized spacial score (nSPS) is 27.9. The predicted molar refractivity (Wildman–Crippen MR) is 51.6 cm³/mol. The van der Waals surface area contributed by atoms with Crippen molar-refractivity contribution in [1.29, 1.82) is 0 Å². The van der Waals surface area contributed by atoms with Gasteiger partial charge in [-0.2, -0.15) is 0 Å². The summed E-state index contributed by atoms with van der Waals surface area (Å²) in [5.74, 6) is 0. The van der Waals surface area contributed by atoms with Gasteiger partial charge in [0.2, 0.25) is 0 Å². The van der Waals surface area contributed by atoms with Crippen LogP contribution in [-0.4, -0.2) is 43.0 Å². The summed E-state index contributed by atoms with van der Waals surface area (Å²) in [4.78, 5) is 1.97. The molecule has 82 valence electrons. The highest BCUT2D eigenvalue weighted by atomic mass is 19.3. The number of hydrogen-bond donors (Lipinski definition) is 1. The summed E-state index contributed by atoms with van der Waals surface area (Å²) in [6.45, 7) is 1.83. The summed E-state index contributed by atoms with van der Waals surface area (Å²) in [6.07, 6.45) is 2.38. The Kier molecular flexibility index (Phi) is 3.34. The Balaban J connectivity index is 1.77. The Morgan fingerprint density at radius 2 is 2.07 bits per heavy atom. The van der Waals surface area contributed by atoms with Crippen molar-refractivity contribution in [3.63, 3.8) is 0 Å². The highest BCUT2D eigenvalue weighted by Crippen LogP contribution is 2.28. The molecule has 14 heavy (non-hydrogen) atoms. The number of nitrogens with one attached hydrogen (secondary N) is 1. The van der Waals surface area contributed by atoms with Gasteiger partial charge in [0.15, 0.2) is 0 Å². The van der Waals surface area contributed by atoms with Crippen LogP contribution < -0.4 is 5.32 Å². The molecule has 0 spiro atoms. The van der Waals surface area contributed by atoms with Crippen LogP contribution in [0.1, 0.15) is 25.7 Å². The Labute approximate surface area is 83.7 Å². The van der Waals surface area contributed by atoms with Gasteiger partial charge in [-0.05, 0) is 32.2 Å². The fourth-order valence-corrected chi connectivity index (χ4v) is 2.19. The van der Waals surface area contributed by atoms with E-state index in [4.69, 9.17) is 0 Å². The van der Waals surface area contributed by atoms with Gasteiger partial charge in [-0.25, -0.2) is 8.78 Å². The molecule has 2 fully saturated rings. The first kappa shape index (κ1) is 10.3. The van der Waals surface area contributed by atoms with Gasteiger partial charge in [-0.15, -0.1) is 0 Å². The molecule has 0 bridgehead atoms. The van der Waals surface area contributed by atoms with Crippen LogP contribution in [0.15, 0.2) is 0 Å². The number of nitrogens with zero attached hydrogens (tertiary/aromatic N) is 1. The van der Waals surface area contributed by atoms with Crippen molar-refractivity contribution < 1.29 is 8.78 Å². The molecule has 2 aliphatic rings. The average Bonchev–Trinajstić information content (AvgIpc) is 2.85. The average molecular weight is 204 g/mol. The van der Waals surface area contributed by atoms with Gasteiger partial charge < -0.3 is 5.32 Å². The molecule has 2 nitrogen and oxygen atoms in total. The second-order valence-corrected chi connectivity index (χ2v) is 4.37. The number of alkyl halides is 2. The second kappa shape index (κ2) is 4.53. The van der Waals surface area contributed by atoms with Crippen LogP contribution in [-0.2, 0) is 0 Å². The molecule has 1 unspecified atom stereocenters. The molecule has 4 heteroatoms. The first-order chi connectivity index (χ1) is 6.75. The maximum absolute atomic E-state index is 12.3. The van der Waals surface area contributed by atoms with Gasteiger partial charge in [-0.3, -0.25) is 4.90 Å². The van der Waals surface area contributed by atoms with Gasteiger partial charge >= 0.3 is 0 Å². The zero-order valence-corrected chi connectivity index (χ0v) is 8.38. The molecule has 0 aromatic carbocycles. The predicted octanol–water partition coefficient (Wildman–Crippen LogP) is 1.47. The first-order valence-electron chi connectivity index (χ1n) is 5.51. The lowest BCUT2D eigenvalue weighted by Gasteiger charge is -2.24. The van der Waals surface area contributed by atoms with E-state index in [9.17, 15) is 8.78 Å². The molecule has 1 heterocycles. The van der Waals surface area contributed by atoms with Crippen LogP contribution >= 0.6 is 0 Å². The summed E-state index contributed by atoms with van der Waals surface area (Å²) < 4.78 is 24.6. The maximum atomic E-state index is 12.3. The van der Waals surface area contributed by atoms with E-state index in [1.165, 1.54) is 6.42 Å². The maximum Gasteiger partial charge on any atom is 0.251 e.